The molecule has 0 aromatic heterocycles. The molecule has 0 heterocycles. The normalized spacial score (nSPS) is 18.6. The van der Waals surface area contributed by atoms with Crippen LogP contribution in [0.15, 0.2) is 84.9 Å². The fourth-order valence-corrected chi connectivity index (χ4v) is 5.67. The Bertz CT molecular complexity index is 1690. The molecule has 11 nitrogen and oxygen atoms in total. The topological polar surface area (TPSA) is 171 Å². The van der Waals surface area contributed by atoms with Gasteiger partial charge in [-0.2, -0.15) is 0 Å². The Morgan fingerprint density at radius 1 is 0.837 bits per heavy atom. The Labute approximate surface area is 286 Å². The van der Waals surface area contributed by atoms with Gasteiger partial charge in [0.25, 0.3) is 5.91 Å². The molecular weight excluding hydrogens is 624 g/mol. The van der Waals surface area contributed by atoms with Gasteiger partial charge in [0, 0.05) is 5.92 Å². The van der Waals surface area contributed by atoms with Crippen LogP contribution < -0.4 is 21.3 Å². The van der Waals surface area contributed by atoms with Crippen molar-refractivity contribution < 1.29 is 33.9 Å². The van der Waals surface area contributed by atoms with Gasteiger partial charge < -0.3 is 26.4 Å². The first kappa shape index (κ1) is 36.5. The minimum atomic E-state index is -1.61. The summed E-state index contributed by atoms with van der Waals surface area (Å²) in [6, 6.07) is 24.2. The minimum Gasteiger partial charge on any atom is -0.480 e. The third-order valence-electron chi connectivity index (χ3n) is 9.07. The highest BCUT2D eigenvalue weighted by molar-refractivity contribution is 6.38. The van der Waals surface area contributed by atoms with E-state index in [1.165, 1.54) is 20.8 Å². The number of carbonyl (C=O) groups excluding carboxylic acids is 5. The number of carboxylic acid groups (broad SMARTS) is 1. The summed E-state index contributed by atoms with van der Waals surface area (Å²) in [7, 11) is 0. The number of amides is 4. The molecule has 0 aliphatic heterocycles. The molecule has 3 aromatic carbocycles. The van der Waals surface area contributed by atoms with Crippen molar-refractivity contribution >= 4 is 35.4 Å². The Balaban J connectivity index is 1.50. The van der Waals surface area contributed by atoms with Gasteiger partial charge in [0.05, 0.1) is 12.5 Å². The number of nitrogens with one attached hydrogen (secondary N) is 4. The molecule has 1 fully saturated rings. The van der Waals surface area contributed by atoms with Crippen LogP contribution >= 0.6 is 0 Å². The Hall–Kier alpha value is -5.32. The number of aliphatic carboxylic acids is 1. The Kier molecular flexibility index (Phi) is 11.4. The van der Waals surface area contributed by atoms with E-state index in [1.807, 2.05) is 84.9 Å². The van der Waals surface area contributed by atoms with Gasteiger partial charge in [-0.1, -0.05) is 105 Å². The molecule has 2 unspecified atom stereocenters. The second-order valence-electron chi connectivity index (χ2n) is 13.2. The van der Waals surface area contributed by atoms with Gasteiger partial charge in [-0.05, 0) is 55.4 Å². The molecule has 5 N–H and O–H groups in total. The van der Waals surface area contributed by atoms with Gasteiger partial charge in [0.15, 0.2) is 0 Å². The monoisotopic (exact) mass is 668 g/mol. The maximum atomic E-state index is 13.9. The molecule has 258 valence electrons. The van der Waals surface area contributed by atoms with Crippen molar-refractivity contribution in [2.24, 2.45) is 5.92 Å². The molecule has 1 saturated carbocycles. The zero-order valence-corrected chi connectivity index (χ0v) is 28.4. The molecule has 4 amide bonds. The zero-order valence-electron chi connectivity index (χ0n) is 28.4. The van der Waals surface area contributed by atoms with E-state index in [0.29, 0.717) is 6.42 Å². The first-order chi connectivity index (χ1) is 23.2. The molecule has 5 atom stereocenters. The highest BCUT2D eigenvalue weighted by atomic mass is 16.4. The highest BCUT2D eigenvalue weighted by Crippen LogP contribution is 2.52. The van der Waals surface area contributed by atoms with Gasteiger partial charge in [-0.15, -0.1) is 0 Å². The van der Waals surface area contributed by atoms with Crippen LogP contribution in [0.3, 0.4) is 0 Å². The Morgan fingerprint density at radius 3 is 1.98 bits per heavy atom. The van der Waals surface area contributed by atoms with Crippen molar-refractivity contribution in [1.82, 2.24) is 21.3 Å². The van der Waals surface area contributed by atoms with Crippen LogP contribution in [0.5, 0.6) is 0 Å². The van der Waals surface area contributed by atoms with Crippen molar-refractivity contribution in [2.75, 3.05) is 0 Å². The van der Waals surface area contributed by atoms with Crippen LogP contribution in [-0.4, -0.2) is 63.6 Å². The van der Waals surface area contributed by atoms with Gasteiger partial charge >= 0.3 is 5.97 Å². The molecule has 49 heavy (non-hydrogen) atoms. The SMILES string of the molecule is CC[C@H](C)[C@H](NC(=O)C(=O)C(C)NC(=O)C1(NC(=O)Cc2ccccc2)C[C@H]1c1ccc(-c2ccccc2)cc1)C(=O)NC(C)(C)C(=O)O. The molecule has 0 radical (unpaired) electrons. The van der Waals surface area contributed by atoms with Gasteiger partial charge in [0.1, 0.15) is 17.1 Å². The second kappa shape index (κ2) is 15.3. The number of Topliss-reactive ketones (excluding diaryl/α,β-unsaturated/α-hetero) is 1. The Morgan fingerprint density at radius 2 is 1.41 bits per heavy atom. The lowest BCUT2D eigenvalue weighted by Crippen LogP contribution is -2.60. The smallest absolute Gasteiger partial charge is 0.328 e. The van der Waals surface area contributed by atoms with Crippen LogP contribution in [0.25, 0.3) is 11.1 Å². The summed E-state index contributed by atoms with van der Waals surface area (Å²) in [4.78, 5) is 78.0. The highest BCUT2D eigenvalue weighted by Gasteiger charge is 2.62. The summed E-state index contributed by atoms with van der Waals surface area (Å²) in [5, 5.41) is 19.8. The van der Waals surface area contributed by atoms with Crippen LogP contribution in [0.1, 0.15) is 64.5 Å². The van der Waals surface area contributed by atoms with Gasteiger partial charge in [-0.25, -0.2) is 4.79 Å². The second-order valence-corrected chi connectivity index (χ2v) is 13.2. The predicted octanol–water partition coefficient (Wildman–Crippen LogP) is 3.52. The lowest BCUT2D eigenvalue weighted by atomic mass is 9.96. The number of ketones is 1. The van der Waals surface area contributed by atoms with E-state index in [-0.39, 0.29) is 24.7 Å². The number of hydrogen-bond acceptors (Lipinski definition) is 6. The van der Waals surface area contributed by atoms with Crippen LogP contribution in [0.4, 0.5) is 0 Å². The van der Waals surface area contributed by atoms with Crippen LogP contribution in [0.2, 0.25) is 0 Å². The first-order valence-electron chi connectivity index (χ1n) is 16.4. The van der Waals surface area contributed by atoms with E-state index in [0.717, 1.165) is 22.3 Å². The quantitative estimate of drug-likeness (QED) is 0.154. The van der Waals surface area contributed by atoms with Crippen molar-refractivity contribution in [3.8, 4) is 11.1 Å². The average Bonchev–Trinajstić information content (AvgIpc) is 3.81. The summed E-state index contributed by atoms with van der Waals surface area (Å²) in [5.74, 6) is -5.92. The van der Waals surface area contributed by atoms with Gasteiger partial charge in [-0.3, -0.25) is 24.0 Å². The van der Waals surface area contributed by atoms with E-state index >= 15 is 0 Å². The number of hydrogen-bond donors (Lipinski definition) is 5. The van der Waals surface area contributed by atoms with E-state index < -0.39 is 58.6 Å². The molecule has 0 bridgehead atoms. The van der Waals surface area contributed by atoms with Crippen molar-refractivity contribution in [3.63, 3.8) is 0 Å². The lowest BCUT2D eigenvalue weighted by molar-refractivity contribution is -0.147. The molecule has 1 aliphatic carbocycles. The maximum absolute atomic E-state index is 13.9. The number of rotatable bonds is 15. The molecular formula is C38H44N4O7. The molecule has 0 saturated heterocycles. The van der Waals surface area contributed by atoms with Crippen LogP contribution in [0, 0.1) is 5.92 Å². The third-order valence-corrected chi connectivity index (χ3v) is 9.07. The van der Waals surface area contributed by atoms with E-state index in [4.69, 9.17) is 0 Å². The van der Waals surface area contributed by atoms with E-state index in [2.05, 4.69) is 21.3 Å². The molecule has 11 heteroatoms. The van der Waals surface area contributed by atoms with Crippen molar-refractivity contribution in [2.45, 2.75) is 83.0 Å². The van der Waals surface area contributed by atoms with E-state index in [1.54, 1.807) is 13.8 Å². The minimum absolute atomic E-state index is 0.0458. The number of benzene rings is 3. The van der Waals surface area contributed by atoms with Crippen molar-refractivity contribution in [3.05, 3.63) is 96.1 Å². The number of carboxylic acids is 1. The fraction of sp³-hybridized carbons (Fsp3) is 0.368. The van der Waals surface area contributed by atoms with Gasteiger partial charge in [0.2, 0.25) is 23.5 Å². The molecule has 1 aliphatic rings. The average molecular weight is 669 g/mol. The number of carbonyl (C=O) groups is 6. The molecule has 3 aromatic rings. The maximum Gasteiger partial charge on any atom is 0.328 e. The zero-order chi connectivity index (χ0) is 35.9. The standard InChI is InChI=1S/C38H44N4O7/c1-6-23(2)31(33(45)42-37(4,5)36(48)49)40-34(46)32(44)24(3)39-35(47)38(41-30(43)21-25-13-9-7-10-14-25)22-29(38)28-19-17-27(18-20-28)26-15-11-8-12-16-26/h7-20,23-24,29,31H,6,21-22H2,1-5H3,(H,39,47)(H,40,46)(H,41,43)(H,42,45)(H,48,49)/t23-,24?,29-,31-,38?/m0/s1. The molecule has 0 spiro atoms. The summed E-state index contributed by atoms with van der Waals surface area (Å²) in [5.41, 5.74) is 0.668. The fourth-order valence-electron chi connectivity index (χ4n) is 5.67. The van der Waals surface area contributed by atoms with Crippen molar-refractivity contribution in [1.29, 1.82) is 0 Å². The third kappa shape index (κ3) is 8.78. The summed E-state index contributed by atoms with van der Waals surface area (Å²) in [6.07, 6.45) is 0.780. The summed E-state index contributed by atoms with van der Waals surface area (Å²) in [6.45, 7) is 7.45. The lowest BCUT2D eigenvalue weighted by Gasteiger charge is -2.28. The van der Waals surface area contributed by atoms with E-state index in [9.17, 15) is 33.9 Å². The largest absolute Gasteiger partial charge is 0.480 e. The summed E-state index contributed by atoms with van der Waals surface area (Å²) >= 11 is 0. The predicted molar refractivity (Wildman–Crippen MR) is 184 cm³/mol. The molecule has 4 rings (SSSR count). The summed E-state index contributed by atoms with van der Waals surface area (Å²) < 4.78 is 0. The van der Waals surface area contributed by atoms with Crippen LogP contribution in [-0.2, 0) is 35.2 Å². The first-order valence-corrected chi connectivity index (χ1v) is 16.4.